The largest absolute Gasteiger partial charge is 1.00 e. The molecule has 2 nitrogen and oxygen atoms in total. The molecule has 46 valence electrons. The van der Waals surface area contributed by atoms with Crippen molar-refractivity contribution >= 4 is 5.97 Å². The molecule has 0 radical (unpaired) electrons. The molecule has 1 aliphatic carbocycles. The summed E-state index contributed by atoms with van der Waals surface area (Å²) in [7, 11) is 0. The van der Waals surface area contributed by atoms with E-state index in [-0.39, 0.29) is 98.9 Å². The van der Waals surface area contributed by atoms with Crippen LogP contribution < -0.4 is 88.7 Å². The average Bonchev–Trinajstić information content (AvgIpc) is 1.23. The van der Waals surface area contributed by atoms with Crippen LogP contribution >= 0.6 is 0 Å². The van der Waals surface area contributed by atoms with Crippen LogP contribution in [-0.2, 0) is 4.79 Å². The number of aliphatic carboxylic acids is 1. The number of rotatable bonds is 1. The number of carbonyl (C=O) groups is 1. The Morgan fingerprint density at radius 2 is 1.70 bits per heavy atom. The van der Waals surface area contributed by atoms with Crippen LogP contribution in [0.25, 0.3) is 0 Å². The number of hydrogen-bond donors (Lipinski definition) is 1. The predicted octanol–water partition coefficient (Wildman–Crippen LogP) is -7.78. The van der Waals surface area contributed by atoms with Crippen molar-refractivity contribution in [2.75, 3.05) is 0 Å². The Kier molecular flexibility index (Phi) is 17.5. The molecule has 0 spiro atoms. The maximum atomic E-state index is 9.98. The molecule has 0 bridgehead atoms. The topological polar surface area (TPSA) is 37.3 Å². The minimum Gasteiger partial charge on any atom is -1.00 e. The molecule has 1 fully saturated rings. The molecule has 1 rings (SSSR count). The van der Waals surface area contributed by atoms with Crippen LogP contribution in [-0.4, -0.2) is 11.1 Å². The maximum absolute atomic E-state index is 9.98. The Balaban J connectivity index is -0.0000000204. The van der Waals surface area contributed by atoms with Crippen LogP contribution in [0.4, 0.5) is 0 Å². The molecule has 1 N–H and O–H groups in total. The van der Waals surface area contributed by atoms with E-state index in [1.54, 1.807) is 0 Å². The maximum Gasteiger partial charge on any atom is 1.00 e. The number of carboxylic acids is 1. The monoisotopic (exact) mass is 172 g/mol. The summed E-state index contributed by atoms with van der Waals surface area (Å²) >= 11 is 0. The van der Waals surface area contributed by atoms with Gasteiger partial charge in [-0.3, -0.25) is 4.79 Å². The molecule has 0 aliphatic heterocycles. The molecule has 0 saturated heterocycles. The zero-order valence-electron chi connectivity index (χ0n) is 10.1. The van der Waals surface area contributed by atoms with Crippen molar-refractivity contribution in [1.29, 1.82) is 0 Å². The fourth-order valence-corrected chi connectivity index (χ4v) is 0.655. The van der Waals surface area contributed by atoms with E-state index in [4.69, 9.17) is 5.11 Å². The fraction of sp³-hybridized carbons (Fsp3) is 0.800. The van der Waals surface area contributed by atoms with Gasteiger partial charge in [-0.25, -0.2) is 0 Å². The molecular weight excluding hydrogens is 161 g/mol. The summed E-state index contributed by atoms with van der Waals surface area (Å²) < 4.78 is 0. The third-order valence-electron chi connectivity index (χ3n) is 1.45. The third kappa shape index (κ3) is 6.04. The van der Waals surface area contributed by atoms with Crippen molar-refractivity contribution in [3.63, 3.8) is 0 Å². The second-order valence-corrected chi connectivity index (χ2v) is 1.97. The molecule has 0 aromatic carbocycles. The zero-order chi connectivity index (χ0) is 5.28. The third-order valence-corrected chi connectivity index (χ3v) is 1.45. The van der Waals surface area contributed by atoms with Crippen molar-refractivity contribution < 1.29 is 103 Å². The van der Waals surface area contributed by atoms with Crippen molar-refractivity contribution in [3.8, 4) is 0 Å². The first-order chi connectivity index (χ1) is 3.30. The summed E-state index contributed by atoms with van der Waals surface area (Å²) in [6, 6.07) is 0. The second-order valence-electron chi connectivity index (χ2n) is 1.97. The minimum absolute atomic E-state index is 0. The van der Waals surface area contributed by atoms with Crippen LogP contribution in [0.15, 0.2) is 0 Å². The fourth-order valence-electron chi connectivity index (χ4n) is 0.655. The summed E-state index contributed by atoms with van der Waals surface area (Å²) in [6.07, 6.45) is 2.90. The van der Waals surface area contributed by atoms with Gasteiger partial charge in [-0.15, -0.1) is 0 Å². The van der Waals surface area contributed by atoms with Crippen LogP contribution in [0.1, 0.15) is 23.5 Å². The second kappa shape index (κ2) is 9.56. The van der Waals surface area contributed by atoms with E-state index in [0.717, 1.165) is 19.3 Å². The molecule has 0 aromatic heterocycles. The van der Waals surface area contributed by atoms with Crippen molar-refractivity contribution in [3.05, 3.63) is 0 Å². The van der Waals surface area contributed by atoms with Gasteiger partial charge in [0.25, 0.3) is 0 Å². The first kappa shape index (κ1) is 18.3. The van der Waals surface area contributed by atoms with E-state index in [9.17, 15) is 4.79 Å². The molecule has 1 saturated carbocycles. The summed E-state index contributed by atoms with van der Waals surface area (Å²) in [5.74, 6) is -0.619. The van der Waals surface area contributed by atoms with E-state index < -0.39 is 5.97 Å². The summed E-state index contributed by atoms with van der Waals surface area (Å²) in [4.78, 5) is 9.98. The van der Waals surface area contributed by atoms with Gasteiger partial charge in [0, 0.05) is 0 Å². The molecule has 0 amide bonds. The molecule has 1 aliphatic rings. The smallest absolute Gasteiger partial charge is 1.00 e. The molecule has 0 unspecified atom stereocenters. The number of carboxylic acid groups (broad SMARTS) is 1. The number of hydrogen-bond acceptors (Lipinski definition) is 1. The van der Waals surface area contributed by atoms with Crippen molar-refractivity contribution in [1.82, 2.24) is 0 Å². The zero-order valence-corrected chi connectivity index (χ0v) is 13.1. The van der Waals surface area contributed by atoms with E-state index in [1.807, 2.05) is 0 Å². The van der Waals surface area contributed by atoms with Gasteiger partial charge in [-0.05, 0) is 12.8 Å². The Hall–Kier alpha value is 2.47. The summed E-state index contributed by atoms with van der Waals surface area (Å²) in [5, 5.41) is 8.23. The van der Waals surface area contributed by atoms with Crippen molar-refractivity contribution in [2.45, 2.75) is 19.3 Å². The first-order valence-corrected chi connectivity index (χ1v) is 2.53. The van der Waals surface area contributed by atoms with Gasteiger partial charge < -0.3 is 9.39 Å². The van der Waals surface area contributed by atoms with E-state index in [2.05, 4.69) is 0 Å². The van der Waals surface area contributed by atoms with Gasteiger partial charge in [0.1, 0.15) is 0 Å². The van der Waals surface area contributed by atoms with E-state index >= 15 is 0 Å². The Labute approximate surface area is 132 Å². The minimum atomic E-state index is -0.619. The predicted molar refractivity (Wildman–Crippen MR) is 28.3 cm³/mol. The molecule has 0 atom stereocenters. The van der Waals surface area contributed by atoms with Gasteiger partial charge in [-0.1, -0.05) is 6.42 Å². The van der Waals surface area contributed by atoms with Gasteiger partial charge in [0.15, 0.2) is 0 Å². The van der Waals surface area contributed by atoms with Crippen LogP contribution in [0.3, 0.4) is 0 Å². The SMILES string of the molecule is O=C(O)C1CCC1.[H-].[H-].[H-].[Na+].[Na+].[Na+]. The summed E-state index contributed by atoms with van der Waals surface area (Å²) in [5.41, 5.74) is 0. The van der Waals surface area contributed by atoms with Crippen LogP contribution in [0, 0.1) is 5.92 Å². The molecular formula is C5H11Na3O2. The first-order valence-electron chi connectivity index (χ1n) is 2.53. The van der Waals surface area contributed by atoms with Gasteiger partial charge >= 0.3 is 94.6 Å². The Morgan fingerprint density at radius 1 is 1.30 bits per heavy atom. The molecule has 5 heteroatoms. The molecule has 0 heterocycles. The molecule has 0 aromatic rings. The van der Waals surface area contributed by atoms with Crippen molar-refractivity contribution in [2.24, 2.45) is 5.92 Å². The summed E-state index contributed by atoms with van der Waals surface area (Å²) in [6.45, 7) is 0. The molecule has 10 heavy (non-hydrogen) atoms. The Morgan fingerprint density at radius 3 is 1.70 bits per heavy atom. The Bertz CT molecular complexity index is 103. The normalized spacial score (nSPS) is 14.8. The van der Waals surface area contributed by atoms with E-state index in [0.29, 0.717) is 0 Å². The van der Waals surface area contributed by atoms with Crippen LogP contribution in [0.2, 0.25) is 0 Å². The van der Waals surface area contributed by atoms with Gasteiger partial charge in [0.2, 0.25) is 0 Å². The standard InChI is InChI=1S/C5H8O2.3Na.3H/c6-5(7)4-2-1-3-4;;;;;;/h4H,1-3H2,(H,6,7);;;;;;/q;3*+1;3*-1. The van der Waals surface area contributed by atoms with Crippen LogP contribution in [0.5, 0.6) is 0 Å². The average molecular weight is 172 g/mol. The quantitative estimate of drug-likeness (QED) is 0.399. The van der Waals surface area contributed by atoms with Gasteiger partial charge in [0.05, 0.1) is 5.92 Å². The van der Waals surface area contributed by atoms with Gasteiger partial charge in [-0.2, -0.15) is 0 Å². The van der Waals surface area contributed by atoms with E-state index in [1.165, 1.54) is 0 Å².